The predicted octanol–water partition coefficient (Wildman–Crippen LogP) is 4.32. The minimum Gasteiger partial charge on any atom is -0.366 e. The molecule has 0 N–H and O–H groups in total. The van der Waals surface area contributed by atoms with Gasteiger partial charge in [0, 0.05) is 56.7 Å². The molecule has 1 aliphatic rings. The highest BCUT2D eigenvalue weighted by Crippen LogP contribution is 2.31. The van der Waals surface area contributed by atoms with Crippen molar-refractivity contribution < 1.29 is 4.79 Å². The first-order chi connectivity index (χ1) is 17.2. The van der Waals surface area contributed by atoms with Gasteiger partial charge in [0.1, 0.15) is 11.6 Å². The van der Waals surface area contributed by atoms with E-state index < -0.39 is 0 Å². The Labute approximate surface area is 217 Å². The Bertz CT molecular complexity index is 1320. The van der Waals surface area contributed by atoms with E-state index in [1.54, 1.807) is 4.57 Å². The van der Waals surface area contributed by atoms with Crippen LogP contribution in [0.3, 0.4) is 0 Å². The molecule has 2 aromatic heterocycles. The second kappa shape index (κ2) is 10.9. The van der Waals surface area contributed by atoms with Gasteiger partial charge in [0.05, 0.1) is 16.1 Å². The number of nitrogens with zero attached hydrogens (tertiary/aromatic N) is 5. The normalized spacial score (nSPS) is 14.3. The number of rotatable bonds is 7. The number of aryl methyl sites for hydroxylation is 1. The van der Waals surface area contributed by atoms with E-state index in [2.05, 4.69) is 49.6 Å². The van der Waals surface area contributed by atoms with Gasteiger partial charge in [-0.25, -0.2) is 0 Å². The number of anilines is 1. The summed E-state index contributed by atoms with van der Waals surface area (Å²) in [6, 6.07) is 12.8. The molecule has 0 atom stereocenters. The fourth-order valence-corrected chi connectivity index (χ4v) is 5.91. The van der Waals surface area contributed by atoms with Crippen LogP contribution in [0.4, 0.5) is 5.69 Å². The minimum atomic E-state index is -0.242. The Morgan fingerprint density at radius 3 is 2.39 bits per heavy atom. The number of nitriles is 1. The van der Waals surface area contributed by atoms with Gasteiger partial charge >= 0.3 is 0 Å². The fourth-order valence-electron chi connectivity index (χ4n) is 5.22. The molecule has 7 nitrogen and oxygen atoms in total. The molecule has 1 aliphatic heterocycles. The lowest BCUT2D eigenvalue weighted by Crippen LogP contribution is -2.49. The zero-order valence-electron chi connectivity index (χ0n) is 21.8. The number of pyridine rings is 1. The van der Waals surface area contributed by atoms with Crippen LogP contribution in [0.15, 0.2) is 40.5 Å². The number of carbonyl (C=O) groups is 1. The molecule has 0 saturated carbocycles. The third kappa shape index (κ3) is 5.04. The van der Waals surface area contributed by atoms with E-state index in [0.717, 1.165) is 27.9 Å². The van der Waals surface area contributed by atoms with Gasteiger partial charge in [-0.1, -0.05) is 17.7 Å². The van der Waals surface area contributed by atoms with Gasteiger partial charge in [0.15, 0.2) is 0 Å². The molecule has 0 spiro atoms. The maximum absolute atomic E-state index is 13.7. The predicted molar refractivity (Wildman–Crippen MR) is 147 cm³/mol. The number of fused-ring (bicyclic) bond motifs is 1. The molecule has 4 rings (SSSR count). The SMILES string of the molecule is Cc1ccc2c(c1)c(N1CCN(C(=O)c3cccs3)CC1)c(C#N)c(=O)n2CCN(C(C)C)C(C)C. The summed E-state index contributed by atoms with van der Waals surface area (Å²) >= 11 is 1.45. The fraction of sp³-hybridized carbons (Fsp3) is 0.464. The number of hydrogen-bond acceptors (Lipinski definition) is 6. The molecular formula is C28H35N5O2S. The van der Waals surface area contributed by atoms with Crippen molar-refractivity contribution in [1.82, 2.24) is 14.4 Å². The van der Waals surface area contributed by atoms with Crippen molar-refractivity contribution in [3.8, 4) is 6.07 Å². The molecule has 0 bridgehead atoms. The van der Waals surface area contributed by atoms with Crippen LogP contribution in [-0.2, 0) is 6.54 Å². The Balaban J connectivity index is 1.70. The van der Waals surface area contributed by atoms with Gasteiger partial charge in [-0.15, -0.1) is 11.3 Å². The van der Waals surface area contributed by atoms with E-state index >= 15 is 0 Å². The molecule has 1 amide bonds. The highest BCUT2D eigenvalue weighted by atomic mass is 32.1. The van der Waals surface area contributed by atoms with Gasteiger partial charge in [-0.2, -0.15) is 5.26 Å². The highest BCUT2D eigenvalue weighted by Gasteiger charge is 2.27. The Morgan fingerprint density at radius 2 is 1.81 bits per heavy atom. The van der Waals surface area contributed by atoms with Crippen molar-refractivity contribution in [2.75, 3.05) is 37.6 Å². The van der Waals surface area contributed by atoms with Crippen molar-refractivity contribution in [1.29, 1.82) is 5.26 Å². The molecule has 0 aliphatic carbocycles. The number of carbonyl (C=O) groups excluding carboxylic acids is 1. The van der Waals surface area contributed by atoms with Gasteiger partial charge in [-0.05, 0) is 58.2 Å². The van der Waals surface area contributed by atoms with Crippen molar-refractivity contribution >= 4 is 33.8 Å². The highest BCUT2D eigenvalue weighted by molar-refractivity contribution is 7.12. The van der Waals surface area contributed by atoms with Crippen LogP contribution in [0.1, 0.15) is 48.5 Å². The average Bonchev–Trinajstić information content (AvgIpc) is 3.39. The Hall–Kier alpha value is -3.15. The average molecular weight is 506 g/mol. The van der Waals surface area contributed by atoms with Gasteiger partial charge in [-0.3, -0.25) is 14.5 Å². The van der Waals surface area contributed by atoms with Crippen LogP contribution < -0.4 is 10.5 Å². The van der Waals surface area contributed by atoms with Gasteiger partial charge < -0.3 is 14.4 Å². The topological polar surface area (TPSA) is 72.6 Å². The van der Waals surface area contributed by atoms with E-state index in [1.165, 1.54) is 11.3 Å². The first-order valence-corrected chi connectivity index (χ1v) is 13.5. The number of thiophene rings is 1. The van der Waals surface area contributed by atoms with E-state index in [4.69, 9.17) is 0 Å². The maximum Gasteiger partial charge on any atom is 0.271 e. The zero-order chi connectivity index (χ0) is 26.0. The summed E-state index contributed by atoms with van der Waals surface area (Å²) in [7, 11) is 0. The molecule has 1 fully saturated rings. The number of piperazine rings is 1. The molecule has 190 valence electrons. The molecular weight excluding hydrogens is 470 g/mol. The molecule has 1 aromatic carbocycles. The molecule has 0 unspecified atom stereocenters. The molecule has 3 heterocycles. The van der Waals surface area contributed by atoms with Crippen molar-refractivity contribution in [2.24, 2.45) is 0 Å². The van der Waals surface area contributed by atoms with Crippen LogP contribution >= 0.6 is 11.3 Å². The quantitative estimate of drug-likeness (QED) is 0.478. The smallest absolute Gasteiger partial charge is 0.271 e. The lowest BCUT2D eigenvalue weighted by atomic mass is 10.0. The maximum atomic E-state index is 13.7. The lowest BCUT2D eigenvalue weighted by Gasteiger charge is -2.37. The molecule has 36 heavy (non-hydrogen) atoms. The molecule has 8 heteroatoms. The third-order valence-electron chi connectivity index (χ3n) is 7.03. The summed E-state index contributed by atoms with van der Waals surface area (Å²) in [5.74, 6) is 0.0427. The van der Waals surface area contributed by atoms with Gasteiger partial charge in [0.2, 0.25) is 0 Å². The van der Waals surface area contributed by atoms with Crippen LogP contribution in [-0.4, -0.2) is 65.1 Å². The summed E-state index contributed by atoms with van der Waals surface area (Å²) in [6.07, 6.45) is 0. The number of amides is 1. The van der Waals surface area contributed by atoms with Crippen LogP contribution in [0.2, 0.25) is 0 Å². The third-order valence-corrected chi connectivity index (χ3v) is 7.89. The second-order valence-electron chi connectivity index (χ2n) is 9.99. The van der Waals surface area contributed by atoms with E-state index in [0.29, 0.717) is 50.5 Å². The van der Waals surface area contributed by atoms with E-state index in [-0.39, 0.29) is 17.0 Å². The summed E-state index contributed by atoms with van der Waals surface area (Å²) in [5.41, 5.74) is 2.57. The molecule has 0 radical (unpaired) electrons. The van der Waals surface area contributed by atoms with Crippen molar-refractivity contribution in [3.05, 3.63) is 62.1 Å². The largest absolute Gasteiger partial charge is 0.366 e. The molecule has 1 saturated heterocycles. The summed E-state index contributed by atoms with van der Waals surface area (Å²) < 4.78 is 1.77. The van der Waals surface area contributed by atoms with Crippen LogP contribution in [0.5, 0.6) is 0 Å². The first-order valence-electron chi connectivity index (χ1n) is 12.6. The van der Waals surface area contributed by atoms with E-state index in [1.807, 2.05) is 41.5 Å². The second-order valence-corrected chi connectivity index (χ2v) is 10.9. The van der Waals surface area contributed by atoms with E-state index in [9.17, 15) is 14.9 Å². The number of benzene rings is 1. The monoisotopic (exact) mass is 505 g/mol. The standard InChI is InChI=1S/C28H35N5O2S/c1-19(2)32(20(3)4)14-15-33-24-9-8-21(5)17-22(24)26(23(18-29)27(33)34)30-10-12-31(13-11-30)28(35)25-7-6-16-36-25/h6-9,16-17,19-20H,10-15H2,1-5H3. The summed E-state index contributed by atoms with van der Waals surface area (Å²) in [5, 5.41) is 13.0. The van der Waals surface area contributed by atoms with Crippen molar-refractivity contribution in [2.45, 2.75) is 53.2 Å². The minimum absolute atomic E-state index is 0.0427. The Kier molecular flexibility index (Phi) is 7.82. The van der Waals surface area contributed by atoms with Crippen LogP contribution in [0.25, 0.3) is 10.9 Å². The number of aromatic nitrogens is 1. The van der Waals surface area contributed by atoms with Gasteiger partial charge in [0.25, 0.3) is 11.5 Å². The molecule has 3 aromatic rings. The number of hydrogen-bond donors (Lipinski definition) is 0. The zero-order valence-corrected chi connectivity index (χ0v) is 22.6. The summed E-state index contributed by atoms with van der Waals surface area (Å²) in [4.78, 5) is 33.6. The lowest BCUT2D eigenvalue weighted by molar-refractivity contribution is 0.0751. The Morgan fingerprint density at radius 1 is 1.11 bits per heavy atom. The summed E-state index contributed by atoms with van der Waals surface area (Å²) in [6.45, 7) is 14.2. The van der Waals surface area contributed by atoms with Crippen molar-refractivity contribution in [3.63, 3.8) is 0 Å². The van der Waals surface area contributed by atoms with Crippen LogP contribution in [0, 0.1) is 18.3 Å². The first kappa shape index (κ1) is 25.9.